The fraction of sp³-hybridized carbons (Fsp3) is 0.217. The number of para-hydroxylation sites is 1. The first-order valence-electron chi connectivity index (χ1n) is 10.1. The summed E-state index contributed by atoms with van der Waals surface area (Å²) in [5.74, 6) is 0.481. The topological polar surface area (TPSA) is 76.8 Å². The maximum absolute atomic E-state index is 13.2. The van der Waals surface area contributed by atoms with Gasteiger partial charge in [0.15, 0.2) is 5.82 Å². The van der Waals surface area contributed by atoms with Crippen LogP contribution in [0.2, 0.25) is 0 Å². The quantitative estimate of drug-likeness (QED) is 0.480. The number of H-pyrrole nitrogens is 2. The van der Waals surface area contributed by atoms with E-state index >= 15 is 0 Å². The molecule has 6 nitrogen and oxygen atoms in total. The molecule has 1 aliphatic rings. The van der Waals surface area contributed by atoms with Crippen LogP contribution >= 0.6 is 0 Å². The van der Waals surface area contributed by atoms with Gasteiger partial charge in [0.2, 0.25) is 0 Å². The number of rotatable bonds is 4. The fourth-order valence-corrected chi connectivity index (χ4v) is 4.01. The van der Waals surface area contributed by atoms with E-state index in [1.165, 1.54) is 12.1 Å². The smallest absolute Gasteiger partial charge is 0.268 e. The third-order valence-corrected chi connectivity index (χ3v) is 5.57. The van der Waals surface area contributed by atoms with Crippen LogP contribution in [-0.2, 0) is 0 Å². The predicted molar refractivity (Wildman–Crippen MR) is 115 cm³/mol. The van der Waals surface area contributed by atoms with Gasteiger partial charge in [-0.15, -0.1) is 0 Å². The highest BCUT2D eigenvalue weighted by Gasteiger charge is 2.24. The molecule has 30 heavy (non-hydrogen) atoms. The number of fused-ring (bicyclic) bond motifs is 1. The third kappa shape index (κ3) is 3.66. The molecule has 4 aromatic rings. The summed E-state index contributed by atoms with van der Waals surface area (Å²) in [6.07, 6.45) is 1.90. The number of benzene rings is 2. The monoisotopic (exact) mass is 403 g/mol. The van der Waals surface area contributed by atoms with E-state index in [0.717, 1.165) is 47.4 Å². The summed E-state index contributed by atoms with van der Waals surface area (Å²) >= 11 is 0. The van der Waals surface area contributed by atoms with E-state index in [2.05, 4.69) is 25.4 Å². The molecule has 1 amide bonds. The predicted octanol–water partition coefficient (Wildman–Crippen LogP) is 4.10. The number of hydrogen-bond donors (Lipinski definition) is 3. The van der Waals surface area contributed by atoms with E-state index in [9.17, 15) is 9.18 Å². The lowest BCUT2D eigenvalue weighted by Crippen LogP contribution is -2.48. The first-order chi connectivity index (χ1) is 14.7. The Bertz CT molecular complexity index is 1150. The number of hydrogen-bond acceptors (Lipinski definition) is 3. The molecule has 3 heterocycles. The molecule has 0 bridgehead atoms. The number of nitrogens with one attached hydrogen (secondary N) is 3. The van der Waals surface area contributed by atoms with Gasteiger partial charge in [-0.05, 0) is 54.8 Å². The summed E-state index contributed by atoms with van der Waals surface area (Å²) in [4.78, 5) is 18.1. The van der Waals surface area contributed by atoms with Gasteiger partial charge in [0.1, 0.15) is 11.5 Å². The van der Waals surface area contributed by atoms with Crippen molar-refractivity contribution in [1.82, 2.24) is 20.5 Å². The Kier molecular flexibility index (Phi) is 4.71. The molecule has 1 atom stereocenters. The lowest BCUT2D eigenvalue weighted by Gasteiger charge is -2.33. The Balaban J connectivity index is 1.27. The lowest BCUT2D eigenvalue weighted by molar-refractivity contribution is 0.0929. The molecular formula is C23H22FN5O. The van der Waals surface area contributed by atoms with Crippen LogP contribution in [0, 0.1) is 5.82 Å². The van der Waals surface area contributed by atoms with Crippen molar-refractivity contribution in [2.45, 2.75) is 18.9 Å². The Morgan fingerprint density at radius 1 is 1.13 bits per heavy atom. The van der Waals surface area contributed by atoms with Crippen molar-refractivity contribution >= 4 is 22.6 Å². The lowest BCUT2D eigenvalue weighted by atomic mass is 10.1. The zero-order valence-electron chi connectivity index (χ0n) is 16.4. The Labute approximate surface area is 173 Å². The number of carbonyl (C=O) groups is 1. The number of amides is 1. The number of halogens is 1. The summed E-state index contributed by atoms with van der Waals surface area (Å²) < 4.78 is 13.2. The highest BCUT2D eigenvalue weighted by Crippen LogP contribution is 2.24. The van der Waals surface area contributed by atoms with E-state index in [-0.39, 0.29) is 17.8 Å². The molecular weight excluding hydrogens is 381 g/mol. The second kappa shape index (κ2) is 7.67. The van der Waals surface area contributed by atoms with Crippen molar-refractivity contribution in [3.8, 4) is 11.3 Å². The zero-order valence-corrected chi connectivity index (χ0v) is 16.4. The number of anilines is 1. The van der Waals surface area contributed by atoms with Gasteiger partial charge in [-0.3, -0.25) is 9.89 Å². The molecule has 7 heteroatoms. The molecule has 0 unspecified atom stereocenters. The van der Waals surface area contributed by atoms with Crippen LogP contribution in [0.25, 0.3) is 22.2 Å². The van der Waals surface area contributed by atoms with E-state index in [1.54, 1.807) is 12.1 Å². The van der Waals surface area contributed by atoms with Crippen LogP contribution < -0.4 is 10.2 Å². The van der Waals surface area contributed by atoms with E-state index in [4.69, 9.17) is 0 Å². The summed E-state index contributed by atoms with van der Waals surface area (Å²) in [6, 6.07) is 18.1. The maximum atomic E-state index is 13.2. The summed E-state index contributed by atoms with van der Waals surface area (Å²) in [5.41, 5.74) is 3.26. The van der Waals surface area contributed by atoms with Gasteiger partial charge in [-0.1, -0.05) is 18.2 Å². The normalized spacial score (nSPS) is 16.7. The van der Waals surface area contributed by atoms with Gasteiger partial charge in [-0.2, -0.15) is 5.10 Å². The zero-order chi connectivity index (χ0) is 20.5. The van der Waals surface area contributed by atoms with E-state index in [1.807, 2.05) is 36.4 Å². The van der Waals surface area contributed by atoms with Crippen molar-refractivity contribution in [2.24, 2.45) is 0 Å². The first-order valence-corrected chi connectivity index (χ1v) is 10.1. The molecule has 1 saturated heterocycles. The standard InChI is InChI=1S/C23H22FN5O/c24-17-9-7-15(8-10-17)20-13-22(28-27-20)29-11-3-5-18(14-29)25-23(30)21-12-16-4-1-2-6-19(16)26-21/h1-2,4,6-10,12-13,18,26H,3,5,11,14H2,(H,25,30)(H,27,28)/t18-/m0/s1. The largest absolute Gasteiger partial charge is 0.353 e. The second-order valence-corrected chi connectivity index (χ2v) is 7.68. The number of aromatic amines is 2. The Morgan fingerprint density at radius 2 is 1.97 bits per heavy atom. The minimum atomic E-state index is -0.261. The number of aromatic nitrogens is 3. The van der Waals surface area contributed by atoms with Gasteiger partial charge in [0, 0.05) is 36.1 Å². The fourth-order valence-electron chi connectivity index (χ4n) is 4.01. The molecule has 1 aliphatic heterocycles. The van der Waals surface area contributed by atoms with Gasteiger partial charge < -0.3 is 15.2 Å². The van der Waals surface area contributed by atoms with Crippen molar-refractivity contribution in [1.29, 1.82) is 0 Å². The Hall–Kier alpha value is -3.61. The molecule has 0 saturated carbocycles. The number of nitrogens with zero attached hydrogens (tertiary/aromatic N) is 2. The van der Waals surface area contributed by atoms with Gasteiger partial charge in [0.05, 0.1) is 5.69 Å². The minimum Gasteiger partial charge on any atom is -0.353 e. The average molecular weight is 403 g/mol. The molecule has 0 aliphatic carbocycles. The van der Waals surface area contributed by atoms with Crippen molar-refractivity contribution in [3.05, 3.63) is 72.2 Å². The van der Waals surface area contributed by atoms with Gasteiger partial charge in [-0.25, -0.2) is 4.39 Å². The SMILES string of the molecule is O=C(N[C@H]1CCCN(c2cc(-c3ccc(F)cc3)[nH]n2)C1)c1cc2ccccc2[nH]1. The summed E-state index contributed by atoms with van der Waals surface area (Å²) in [6.45, 7) is 1.58. The number of carbonyl (C=O) groups excluding carboxylic acids is 1. The highest BCUT2D eigenvalue weighted by atomic mass is 19.1. The second-order valence-electron chi connectivity index (χ2n) is 7.68. The Morgan fingerprint density at radius 3 is 2.80 bits per heavy atom. The van der Waals surface area contributed by atoms with Crippen molar-refractivity contribution in [2.75, 3.05) is 18.0 Å². The van der Waals surface area contributed by atoms with E-state index < -0.39 is 0 Å². The summed E-state index contributed by atoms with van der Waals surface area (Å²) in [5, 5.41) is 11.6. The minimum absolute atomic E-state index is 0.0450. The van der Waals surface area contributed by atoms with Crippen molar-refractivity contribution in [3.63, 3.8) is 0 Å². The maximum Gasteiger partial charge on any atom is 0.268 e. The van der Waals surface area contributed by atoms with Crippen LogP contribution in [-0.4, -0.2) is 40.2 Å². The average Bonchev–Trinajstić information content (AvgIpc) is 3.42. The third-order valence-electron chi connectivity index (χ3n) is 5.57. The van der Waals surface area contributed by atoms with Crippen LogP contribution in [0.1, 0.15) is 23.3 Å². The van der Waals surface area contributed by atoms with Crippen LogP contribution in [0.5, 0.6) is 0 Å². The van der Waals surface area contributed by atoms with E-state index in [0.29, 0.717) is 12.2 Å². The van der Waals surface area contributed by atoms with Crippen molar-refractivity contribution < 1.29 is 9.18 Å². The van der Waals surface area contributed by atoms with Crippen LogP contribution in [0.15, 0.2) is 60.7 Å². The molecule has 5 rings (SSSR count). The molecule has 2 aromatic heterocycles. The molecule has 3 N–H and O–H groups in total. The number of piperidine rings is 1. The first kappa shape index (κ1) is 18.4. The highest BCUT2D eigenvalue weighted by molar-refractivity contribution is 5.98. The molecule has 152 valence electrons. The summed E-state index contributed by atoms with van der Waals surface area (Å²) in [7, 11) is 0. The van der Waals surface area contributed by atoms with Crippen LogP contribution in [0.3, 0.4) is 0 Å². The molecule has 0 spiro atoms. The van der Waals surface area contributed by atoms with Gasteiger partial charge >= 0.3 is 0 Å². The molecule has 0 radical (unpaired) electrons. The van der Waals surface area contributed by atoms with Gasteiger partial charge in [0.25, 0.3) is 5.91 Å². The van der Waals surface area contributed by atoms with Crippen LogP contribution in [0.4, 0.5) is 10.2 Å². The molecule has 2 aromatic carbocycles. The molecule has 1 fully saturated rings.